The minimum Gasteiger partial charge on any atom is -0.477 e. The van der Waals surface area contributed by atoms with Gasteiger partial charge < -0.3 is 5.11 Å². The van der Waals surface area contributed by atoms with Gasteiger partial charge >= 0.3 is 5.97 Å². The summed E-state index contributed by atoms with van der Waals surface area (Å²) in [5, 5.41) is 9.91. The van der Waals surface area contributed by atoms with Gasteiger partial charge in [0.2, 0.25) is 0 Å². The van der Waals surface area contributed by atoms with Crippen molar-refractivity contribution in [2.75, 3.05) is 13.1 Å². The van der Waals surface area contributed by atoms with Crippen LogP contribution in [0.3, 0.4) is 0 Å². The van der Waals surface area contributed by atoms with Gasteiger partial charge in [-0.1, -0.05) is 0 Å². The van der Waals surface area contributed by atoms with E-state index < -0.39 is 5.97 Å². The molecule has 0 aromatic carbocycles. The topological polar surface area (TPSA) is 53.4 Å². The van der Waals surface area contributed by atoms with Crippen molar-refractivity contribution in [2.24, 2.45) is 0 Å². The van der Waals surface area contributed by atoms with Gasteiger partial charge in [-0.3, -0.25) is 4.90 Å². The van der Waals surface area contributed by atoms with E-state index in [0.717, 1.165) is 18.1 Å². The first-order valence-electron chi connectivity index (χ1n) is 5.54. The van der Waals surface area contributed by atoms with Gasteiger partial charge in [-0.2, -0.15) is 0 Å². The zero-order valence-corrected chi connectivity index (χ0v) is 10.4. The number of carboxylic acid groups (broad SMARTS) is 1. The first kappa shape index (κ1) is 11.5. The maximum absolute atomic E-state index is 10.9. The van der Waals surface area contributed by atoms with Crippen LogP contribution in [-0.2, 0) is 0 Å². The van der Waals surface area contributed by atoms with E-state index in [1.807, 2.05) is 0 Å². The van der Waals surface area contributed by atoms with Gasteiger partial charge in [0.1, 0.15) is 9.88 Å². The number of rotatable bonds is 3. The van der Waals surface area contributed by atoms with E-state index in [1.54, 1.807) is 6.92 Å². The highest BCUT2D eigenvalue weighted by atomic mass is 32.1. The maximum Gasteiger partial charge on any atom is 0.347 e. The zero-order valence-electron chi connectivity index (χ0n) is 9.56. The van der Waals surface area contributed by atoms with E-state index in [2.05, 4.69) is 16.8 Å². The minimum absolute atomic E-state index is 0.249. The van der Waals surface area contributed by atoms with Crippen LogP contribution >= 0.6 is 11.3 Å². The van der Waals surface area contributed by atoms with Gasteiger partial charge in [0.15, 0.2) is 0 Å². The molecule has 1 aromatic rings. The Bertz CT molecular complexity index is 397. The fourth-order valence-electron chi connectivity index (χ4n) is 2.08. The summed E-state index contributed by atoms with van der Waals surface area (Å²) in [4.78, 5) is 18.0. The molecule has 1 atom stereocenters. The highest BCUT2D eigenvalue weighted by Gasteiger charge is 2.24. The Labute approximate surface area is 98.9 Å². The van der Waals surface area contributed by atoms with Crippen molar-refractivity contribution in [3.8, 4) is 0 Å². The van der Waals surface area contributed by atoms with Crippen LogP contribution in [0.2, 0.25) is 0 Å². The molecule has 1 aromatic heterocycles. The van der Waals surface area contributed by atoms with Crippen LogP contribution < -0.4 is 0 Å². The average molecular weight is 240 g/mol. The number of carboxylic acids is 1. The summed E-state index contributed by atoms with van der Waals surface area (Å²) in [6.07, 6.45) is 2.47. The molecule has 4 nitrogen and oxygen atoms in total. The largest absolute Gasteiger partial charge is 0.477 e. The van der Waals surface area contributed by atoms with Gasteiger partial charge in [0.25, 0.3) is 0 Å². The van der Waals surface area contributed by atoms with Gasteiger partial charge in [-0.25, -0.2) is 9.78 Å². The van der Waals surface area contributed by atoms with E-state index >= 15 is 0 Å². The Hall–Kier alpha value is -0.940. The number of thiazole rings is 1. The number of hydrogen-bond donors (Lipinski definition) is 1. The zero-order chi connectivity index (χ0) is 11.7. The van der Waals surface area contributed by atoms with Crippen LogP contribution in [0, 0.1) is 6.92 Å². The number of aromatic carboxylic acids is 1. The number of likely N-dealkylation sites (tertiary alicyclic amines) is 1. The third-order valence-electron chi connectivity index (χ3n) is 3.05. The summed E-state index contributed by atoms with van der Waals surface area (Å²) >= 11 is 1.31. The Morgan fingerprint density at radius 3 is 2.62 bits per heavy atom. The molecule has 1 saturated heterocycles. The number of nitrogens with zero attached hydrogens (tertiary/aromatic N) is 2. The number of aryl methyl sites for hydroxylation is 1. The second-order valence-electron chi connectivity index (χ2n) is 4.19. The molecular weight excluding hydrogens is 224 g/mol. The minimum atomic E-state index is -0.866. The Morgan fingerprint density at radius 1 is 1.50 bits per heavy atom. The lowest BCUT2D eigenvalue weighted by atomic mass is 10.3. The smallest absolute Gasteiger partial charge is 0.347 e. The van der Waals surface area contributed by atoms with Crippen molar-refractivity contribution in [3.63, 3.8) is 0 Å². The van der Waals surface area contributed by atoms with Gasteiger partial charge in [0, 0.05) is 0 Å². The maximum atomic E-state index is 10.9. The van der Waals surface area contributed by atoms with E-state index in [9.17, 15) is 4.79 Å². The van der Waals surface area contributed by atoms with Crippen LogP contribution in [0.4, 0.5) is 0 Å². The SMILES string of the molecule is Cc1nc(C(C)N2CCCC2)sc1C(=O)O. The standard InChI is InChI=1S/C11H16N2O2S/c1-7-9(11(14)15)16-10(12-7)8(2)13-5-3-4-6-13/h8H,3-6H2,1-2H3,(H,14,15). The molecule has 16 heavy (non-hydrogen) atoms. The lowest BCUT2D eigenvalue weighted by Crippen LogP contribution is -2.23. The molecule has 0 amide bonds. The van der Waals surface area contributed by atoms with Crippen LogP contribution in [0.1, 0.15) is 46.2 Å². The van der Waals surface area contributed by atoms with Crippen LogP contribution in [-0.4, -0.2) is 34.0 Å². The van der Waals surface area contributed by atoms with Crippen molar-refractivity contribution in [1.82, 2.24) is 9.88 Å². The molecule has 0 saturated carbocycles. The summed E-state index contributed by atoms with van der Waals surface area (Å²) < 4.78 is 0. The molecule has 88 valence electrons. The quantitative estimate of drug-likeness (QED) is 0.880. The van der Waals surface area contributed by atoms with Gasteiger partial charge in [0.05, 0.1) is 11.7 Å². The molecule has 0 aliphatic carbocycles. The summed E-state index contributed by atoms with van der Waals surface area (Å²) in [6.45, 7) is 6.07. The number of hydrogen-bond acceptors (Lipinski definition) is 4. The highest BCUT2D eigenvalue weighted by molar-refractivity contribution is 7.13. The molecule has 1 unspecified atom stereocenters. The van der Waals surface area contributed by atoms with Crippen molar-refractivity contribution in [1.29, 1.82) is 0 Å². The normalized spacial score (nSPS) is 18.9. The first-order valence-corrected chi connectivity index (χ1v) is 6.36. The van der Waals surface area contributed by atoms with E-state index in [-0.39, 0.29) is 6.04 Å². The van der Waals surface area contributed by atoms with E-state index in [1.165, 1.54) is 24.2 Å². The average Bonchev–Trinajstić information content (AvgIpc) is 2.84. The third kappa shape index (κ3) is 2.10. The van der Waals surface area contributed by atoms with Crippen molar-refractivity contribution in [2.45, 2.75) is 32.7 Å². The molecule has 1 fully saturated rings. The van der Waals surface area contributed by atoms with Crippen molar-refractivity contribution in [3.05, 3.63) is 15.6 Å². The predicted octanol–water partition coefficient (Wildman–Crippen LogP) is 2.31. The Kier molecular flexibility index (Phi) is 3.25. The molecule has 0 bridgehead atoms. The molecule has 0 radical (unpaired) electrons. The summed E-state index contributed by atoms with van der Waals surface area (Å²) in [7, 11) is 0. The molecule has 5 heteroatoms. The number of carbonyl (C=O) groups is 1. The van der Waals surface area contributed by atoms with Crippen LogP contribution in [0.15, 0.2) is 0 Å². The van der Waals surface area contributed by atoms with Gasteiger partial charge in [-0.05, 0) is 39.8 Å². The molecule has 1 N–H and O–H groups in total. The summed E-state index contributed by atoms with van der Waals surface area (Å²) in [5.74, 6) is -0.866. The second kappa shape index (κ2) is 4.51. The molecule has 2 rings (SSSR count). The van der Waals surface area contributed by atoms with Crippen LogP contribution in [0.25, 0.3) is 0 Å². The summed E-state index contributed by atoms with van der Waals surface area (Å²) in [5.41, 5.74) is 0.638. The first-order chi connectivity index (χ1) is 7.59. The lowest BCUT2D eigenvalue weighted by Gasteiger charge is -2.21. The Balaban J connectivity index is 2.20. The van der Waals surface area contributed by atoms with Crippen molar-refractivity contribution < 1.29 is 9.90 Å². The van der Waals surface area contributed by atoms with E-state index in [4.69, 9.17) is 5.11 Å². The van der Waals surface area contributed by atoms with Gasteiger partial charge in [-0.15, -0.1) is 11.3 Å². The second-order valence-corrected chi connectivity index (χ2v) is 5.22. The fourth-order valence-corrected chi connectivity index (χ4v) is 3.07. The molecule has 0 spiro atoms. The Morgan fingerprint density at radius 2 is 2.12 bits per heavy atom. The molecule has 1 aliphatic heterocycles. The van der Waals surface area contributed by atoms with E-state index in [0.29, 0.717) is 10.6 Å². The number of aromatic nitrogens is 1. The highest BCUT2D eigenvalue weighted by Crippen LogP contribution is 2.29. The molecule has 2 heterocycles. The molecule has 1 aliphatic rings. The molecular formula is C11H16N2O2S. The summed E-state index contributed by atoms with van der Waals surface area (Å²) in [6, 6.07) is 0.249. The monoisotopic (exact) mass is 240 g/mol. The third-order valence-corrected chi connectivity index (χ3v) is 4.37. The van der Waals surface area contributed by atoms with Crippen molar-refractivity contribution >= 4 is 17.3 Å². The lowest BCUT2D eigenvalue weighted by molar-refractivity contribution is 0.0701. The predicted molar refractivity (Wildman–Crippen MR) is 63.0 cm³/mol. The van der Waals surface area contributed by atoms with Crippen LogP contribution in [0.5, 0.6) is 0 Å². The fraction of sp³-hybridized carbons (Fsp3) is 0.636.